The van der Waals surface area contributed by atoms with Crippen LogP contribution >= 0.6 is 31.9 Å². The lowest BCUT2D eigenvalue weighted by molar-refractivity contribution is -0.145. The molecule has 0 saturated carbocycles. The van der Waals surface area contributed by atoms with Gasteiger partial charge in [-0.2, -0.15) is 0 Å². The minimum absolute atomic E-state index is 0.0696. The lowest BCUT2D eigenvalue weighted by Crippen LogP contribution is -2.06. The molecule has 0 aliphatic carbocycles. The van der Waals surface area contributed by atoms with Crippen LogP contribution < -0.4 is 0 Å². The molecule has 0 heterocycles. The molecule has 0 aliphatic heterocycles. The number of carbonyl (C=O) groups is 1. The third kappa shape index (κ3) is 15.2. The number of rotatable bonds is 20. The van der Waals surface area contributed by atoms with E-state index in [1.165, 1.54) is 94.6 Å². The van der Waals surface area contributed by atoms with Crippen LogP contribution in [-0.2, 0) is 26.8 Å². The molecule has 0 aromatic heterocycles. The van der Waals surface area contributed by atoms with Gasteiger partial charge in [0.1, 0.15) is 6.61 Å². The van der Waals surface area contributed by atoms with E-state index in [9.17, 15) is 4.79 Å². The fourth-order valence-corrected chi connectivity index (χ4v) is 4.77. The monoisotopic (exact) mass is 558 g/mol. The molecule has 0 amide bonds. The molecule has 0 fully saturated rings. The van der Waals surface area contributed by atoms with Crippen molar-refractivity contribution in [1.29, 1.82) is 0 Å². The Kier molecular flexibility index (Phi) is 18.8. The first-order chi connectivity index (χ1) is 15.2. The van der Waals surface area contributed by atoms with Crippen LogP contribution in [-0.4, -0.2) is 5.97 Å². The molecule has 0 aliphatic rings. The first-order valence-corrected chi connectivity index (χ1v) is 14.8. The molecule has 0 N–H and O–H groups in total. The first kappa shape index (κ1) is 28.7. The minimum Gasteiger partial charge on any atom is -0.461 e. The van der Waals surface area contributed by atoms with Gasteiger partial charge in [0.2, 0.25) is 0 Å². The number of hydrogen-bond donors (Lipinski definition) is 0. The Labute approximate surface area is 208 Å². The molecular weight excluding hydrogens is 516 g/mol. The Bertz CT molecular complexity index is 574. The largest absolute Gasteiger partial charge is 0.461 e. The van der Waals surface area contributed by atoms with Gasteiger partial charge >= 0.3 is 5.97 Å². The Morgan fingerprint density at radius 1 is 0.710 bits per heavy atom. The van der Waals surface area contributed by atoms with E-state index in [0.29, 0.717) is 13.0 Å². The van der Waals surface area contributed by atoms with Crippen molar-refractivity contribution >= 4 is 37.8 Å². The van der Waals surface area contributed by atoms with E-state index in [1.807, 2.05) is 0 Å². The predicted molar refractivity (Wildman–Crippen MR) is 141 cm³/mol. The molecule has 178 valence electrons. The number of alkyl halides is 2. The molecule has 1 rings (SSSR count). The lowest BCUT2D eigenvalue weighted by atomic mass is 10.0. The van der Waals surface area contributed by atoms with Crippen LogP contribution in [0.4, 0.5) is 0 Å². The molecular formula is C27H44Br2O2. The van der Waals surface area contributed by atoms with Gasteiger partial charge in [-0.3, -0.25) is 4.79 Å². The molecule has 0 saturated heterocycles. The maximum atomic E-state index is 12.0. The van der Waals surface area contributed by atoms with Crippen molar-refractivity contribution in [1.82, 2.24) is 0 Å². The molecule has 0 unspecified atom stereocenters. The van der Waals surface area contributed by atoms with E-state index in [2.05, 4.69) is 57.0 Å². The Hall–Kier alpha value is -0.350. The predicted octanol–water partition coefficient (Wildman–Crippen LogP) is 9.78. The molecule has 1 aromatic carbocycles. The Morgan fingerprint density at radius 2 is 1.23 bits per heavy atom. The van der Waals surface area contributed by atoms with Crippen LogP contribution in [0.15, 0.2) is 18.2 Å². The van der Waals surface area contributed by atoms with Crippen molar-refractivity contribution in [2.24, 2.45) is 0 Å². The summed E-state index contributed by atoms with van der Waals surface area (Å²) in [5.41, 5.74) is 3.52. The number of carbonyl (C=O) groups excluding carboxylic acids is 1. The maximum absolute atomic E-state index is 12.0. The summed E-state index contributed by atoms with van der Waals surface area (Å²) in [6, 6.07) is 6.30. The Morgan fingerprint density at radius 3 is 1.71 bits per heavy atom. The zero-order valence-corrected chi connectivity index (χ0v) is 22.9. The van der Waals surface area contributed by atoms with Crippen LogP contribution in [0.5, 0.6) is 0 Å². The molecule has 4 heteroatoms. The normalized spacial score (nSPS) is 11.1. The van der Waals surface area contributed by atoms with Gasteiger partial charge in [0.15, 0.2) is 0 Å². The summed E-state index contributed by atoms with van der Waals surface area (Å²) in [7, 11) is 0. The third-order valence-electron chi connectivity index (χ3n) is 5.94. The number of benzene rings is 1. The summed E-state index contributed by atoms with van der Waals surface area (Å²) >= 11 is 7.01. The number of halogens is 2. The average Bonchev–Trinajstić information content (AvgIpc) is 2.80. The number of esters is 1. The highest BCUT2D eigenvalue weighted by atomic mass is 79.9. The molecule has 31 heavy (non-hydrogen) atoms. The van der Waals surface area contributed by atoms with Crippen molar-refractivity contribution in [3.63, 3.8) is 0 Å². The molecule has 2 nitrogen and oxygen atoms in total. The van der Waals surface area contributed by atoms with E-state index < -0.39 is 0 Å². The van der Waals surface area contributed by atoms with Crippen molar-refractivity contribution in [2.75, 3.05) is 0 Å². The second kappa shape index (κ2) is 20.3. The Balaban J connectivity index is 1.93. The summed E-state index contributed by atoms with van der Waals surface area (Å²) in [4.78, 5) is 12.0. The fraction of sp³-hybridized carbons (Fsp3) is 0.741. The second-order valence-electron chi connectivity index (χ2n) is 8.73. The fourth-order valence-electron chi connectivity index (χ4n) is 3.90. The van der Waals surface area contributed by atoms with Gasteiger partial charge in [0.05, 0.1) is 0 Å². The first-order valence-electron chi connectivity index (χ1n) is 12.6. The van der Waals surface area contributed by atoms with Gasteiger partial charge in [-0.25, -0.2) is 0 Å². The van der Waals surface area contributed by atoms with E-state index >= 15 is 0 Å². The highest BCUT2D eigenvalue weighted by Gasteiger charge is 2.07. The van der Waals surface area contributed by atoms with Gasteiger partial charge in [-0.05, 0) is 23.1 Å². The van der Waals surface area contributed by atoms with E-state index in [4.69, 9.17) is 4.74 Å². The van der Waals surface area contributed by atoms with Crippen molar-refractivity contribution in [3.05, 3.63) is 34.9 Å². The van der Waals surface area contributed by atoms with Gasteiger partial charge < -0.3 is 4.74 Å². The van der Waals surface area contributed by atoms with E-state index in [-0.39, 0.29) is 5.97 Å². The maximum Gasteiger partial charge on any atom is 0.306 e. The van der Waals surface area contributed by atoms with Gasteiger partial charge in [-0.1, -0.05) is 147 Å². The van der Waals surface area contributed by atoms with E-state index in [1.54, 1.807) is 0 Å². The summed E-state index contributed by atoms with van der Waals surface area (Å²) in [6.45, 7) is 2.66. The molecule has 0 atom stereocenters. The summed E-state index contributed by atoms with van der Waals surface area (Å²) in [5, 5.41) is 1.62. The minimum atomic E-state index is -0.0696. The molecule has 0 bridgehead atoms. The summed E-state index contributed by atoms with van der Waals surface area (Å²) in [5.74, 6) is -0.0696. The highest BCUT2D eigenvalue weighted by Crippen LogP contribution is 2.19. The third-order valence-corrected chi connectivity index (χ3v) is 7.19. The van der Waals surface area contributed by atoms with Crippen molar-refractivity contribution in [2.45, 2.75) is 127 Å². The highest BCUT2D eigenvalue weighted by molar-refractivity contribution is 9.08. The number of unbranched alkanes of at least 4 members (excludes halogenated alkanes) is 14. The standard InChI is InChI=1S/C27H44Br2O2/c1-2-3-4-5-6-7-8-9-10-11-12-13-14-15-16-17-27(30)31-23-25-19-18-24(21-28)20-26(25)22-29/h18-20H,2-17,21-23H2,1H3. The SMILES string of the molecule is CCCCCCCCCCCCCCCCCC(=O)OCc1ccc(CBr)cc1CBr. The van der Waals surface area contributed by atoms with Gasteiger partial charge in [0, 0.05) is 17.1 Å². The lowest BCUT2D eigenvalue weighted by Gasteiger charge is -2.10. The second-order valence-corrected chi connectivity index (χ2v) is 9.85. The smallest absolute Gasteiger partial charge is 0.306 e. The molecule has 1 aromatic rings. The number of ether oxygens (including phenoxy) is 1. The zero-order valence-electron chi connectivity index (χ0n) is 19.7. The van der Waals surface area contributed by atoms with Crippen LogP contribution in [0.2, 0.25) is 0 Å². The zero-order chi connectivity index (χ0) is 22.6. The van der Waals surface area contributed by atoms with Crippen LogP contribution in [0, 0.1) is 0 Å². The van der Waals surface area contributed by atoms with Crippen LogP contribution in [0.3, 0.4) is 0 Å². The van der Waals surface area contributed by atoms with Crippen LogP contribution in [0.25, 0.3) is 0 Å². The van der Waals surface area contributed by atoms with Crippen molar-refractivity contribution in [3.8, 4) is 0 Å². The molecule has 0 radical (unpaired) electrons. The van der Waals surface area contributed by atoms with Gasteiger partial charge in [-0.15, -0.1) is 0 Å². The average molecular weight is 560 g/mol. The van der Waals surface area contributed by atoms with Gasteiger partial charge in [0.25, 0.3) is 0 Å². The van der Waals surface area contributed by atoms with Crippen LogP contribution in [0.1, 0.15) is 126 Å². The summed E-state index contributed by atoms with van der Waals surface area (Å²) < 4.78 is 5.49. The molecule has 0 spiro atoms. The summed E-state index contributed by atoms with van der Waals surface area (Å²) in [6.07, 6.45) is 20.6. The number of hydrogen-bond acceptors (Lipinski definition) is 2. The van der Waals surface area contributed by atoms with Crippen molar-refractivity contribution < 1.29 is 9.53 Å². The quantitative estimate of drug-likeness (QED) is 0.0902. The topological polar surface area (TPSA) is 26.3 Å². The van der Waals surface area contributed by atoms with E-state index in [0.717, 1.165) is 29.1 Å².